The quantitative estimate of drug-likeness (QED) is 0.740. The summed E-state index contributed by atoms with van der Waals surface area (Å²) in [4.78, 5) is 12.2. The molecule has 11 heteroatoms. The van der Waals surface area contributed by atoms with Crippen LogP contribution >= 0.6 is 0 Å². The number of anilines is 1. The maximum atomic E-state index is 13.2. The maximum Gasteiger partial charge on any atom is 0.460 e. The number of amides is 1. The lowest BCUT2D eigenvalue weighted by molar-refractivity contribution is -0.328. The van der Waals surface area contributed by atoms with Gasteiger partial charge in [0.2, 0.25) is 6.79 Å². The first-order valence-corrected chi connectivity index (χ1v) is 7.64. The third-order valence-electron chi connectivity index (χ3n) is 3.65. The van der Waals surface area contributed by atoms with Crippen molar-refractivity contribution in [1.29, 1.82) is 0 Å². The van der Waals surface area contributed by atoms with E-state index in [9.17, 15) is 31.1 Å². The van der Waals surface area contributed by atoms with Crippen LogP contribution in [0.15, 0.2) is 42.5 Å². The van der Waals surface area contributed by atoms with Crippen molar-refractivity contribution >= 4 is 11.6 Å². The summed E-state index contributed by atoms with van der Waals surface area (Å²) in [6, 6.07) is 8.60. The number of fused-ring (bicyclic) bond motifs is 1. The highest BCUT2D eigenvalue weighted by Gasteiger charge is 2.65. The van der Waals surface area contributed by atoms with Crippen molar-refractivity contribution in [2.75, 3.05) is 12.1 Å². The lowest BCUT2D eigenvalue weighted by Crippen LogP contribution is -2.47. The van der Waals surface area contributed by atoms with Crippen LogP contribution in [0.3, 0.4) is 0 Å². The Hall–Kier alpha value is -3.11. The number of hydrogen-bond donors (Lipinski definition) is 1. The van der Waals surface area contributed by atoms with E-state index in [-0.39, 0.29) is 12.4 Å². The van der Waals surface area contributed by atoms with Crippen molar-refractivity contribution in [3.8, 4) is 17.2 Å². The fraction of sp³-hybridized carbons (Fsp3) is 0.235. The summed E-state index contributed by atoms with van der Waals surface area (Å²) in [6.45, 7) is 0.0527. The number of ether oxygens (including phenoxy) is 3. The van der Waals surface area contributed by atoms with Crippen molar-refractivity contribution in [2.24, 2.45) is 0 Å². The maximum absolute atomic E-state index is 13.2. The topological polar surface area (TPSA) is 56.8 Å². The highest BCUT2D eigenvalue weighted by Crippen LogP contribution is 2.40. The summed E-state index contributed by atoms with van der Waals surface area (Å²) in [5.41, 5.74) is 0.409. The Morgan fingerprint density at radius 2 is 1.64 bits per heavy atom. The highest BCUT2D eigenvalue weighted by atomic mass is 19.4. The van der Waals surface area contributed by atoms with Gasteiger partial charge < -0.3 is 19.5 Å². The minimum atomic E-state index is -6.10. The van der Waals surface area contributed by atoms with Gasteiger partial charge in [0.1, 0.15) is 5.75 Å². The summed E-state index contributed by atoms with van der Waals surface area (Å²) in [5, 5.41) is 2.53. The standard InChI is InChI=1S/C17H11F6NO4/c18-15(16(19,20)17(21,22)23)28-11-4-1-9(2-5-11)14(25)24-10-3-6-12-13(7-10)27-8-26-12/h1-7,15H,8H2,(H,24,25)/t15-/m0/s1. The lowest BCUT2D eigenvalue weighted by Gasteiger charge is -2.23. The fourth-order valence-electron chi connectivity index (χ4n) is 2.18. The summed E-state index contributed by atoms with van der Waals surface area (Å²) in [6.07, 6.45) is -10.0. The van der Waals surface area contributed by atoms with Crippen LogP contribution in [0.5, 0.6) is 17.2 Å². The van der Waals surface area contributed by atoms with E-state index in [0.717, 1.165) is 24.3 Å². The van der Waals surface area contributed by atoms with Crippen molar-refractivity contribution in [3.63, 3.8) is 0 Å². The summed E-state index contributed by atoms with van der Waals surface area (Å²) in [5.74, 6) is -5.95. The molecule has 0 aliphatic carbocycles. The van der Waals surface area contributed by atoms with Crippen molar-refractivity contribution in [1.82, 2.24) is 0 Å². The molecule has 0 saturated carbocycles. The average molecular weight is 407 g/mol. The Morgan fingerprint density at radius 1 is 1.00 bits per heavy atom. The number of carbonyl (C=O) groups is 1. The number of rotatable bonds is 5. The predicted octanol–water partition coefficient (Wildman–Crippen LogP) is 4.54. The molecular formula is C17H11F6NO4. The molecule has 1 aliphatic heterocycles. The molecule has 1 aliphatic rings. The van der Waals surface area contributed by atoms with Gasteiger partial charge in [0.05, 0.1) is 0 Å². The van der Waals surface area contributed by atoms with Crippen molar-refractivity contribution in [3.05, 3.63) is 48.0 Å². The second-order valence-corrected chi connectivity index (χ2v) is 5.60. The number of benzene rings is 2. The second kappa shape index (κ2) is 7.13. The number of hydrogen-bond acceptors (Lipinski definition) is 4. The second-order valence-electron chi connectivity index (χ2n) is 5.60. The van der Waals surface area contributed by atoms with E-state index in [1.54, 1.807) is 12.1 Å². The Bertz CT molecular complexity index is 869. The molecule has 28 heavy (non-hydrogen) atoms. The van der Waals surface area contributed by atoms with Crippen LogP contribution in [-0.2, 0) is 0 Å². The zero-order chi connectivity index (χ0) is 20.5. The zero-order valence-corrected chi connectivity index (χ0v) is 13.7. The Kier molecular flexibility index (Phi) is 5.01. The van der Waals surface area contributed by atoms with Crippen LogP contribution < -0.4 is 19.5 Å². The molecule has 0 bridgehead atoms. The molecule has 5 nitrogen and oxygen atoms in total. The highest BCUT2D eigenvalue weighted by molar-refractivity contribution is 6.04. The van der Waals surface area contributed by atoms with Crippen LogP contribution in [0.4, 0.5) is 32.0 Å². The zero-order valence-electron chi connectivity index (χ0n) is 13.7. The molecule has 0 saturated heterocycles. The Morgan fingerprint density at radius 3 is 2.29 bits per heavy atom. The molecule has 0 aromatic heterocycles. The molecule has 1 heterocycles. The smallest absolute Gasteiger partial charge is 0.454 e. The number of halogens is 6. The molecule has 1 amide bonds. The third-order valence-corrected chi connectivity index (χ3v) is 3.65. The molecule has 2 aromatic rings. The van der Waals surface area contributed by atoms with Gasteiger partial charge in [0, 0.05) is 17.3 Å². The Labute approximate surface area is 153 Å². The molecule has 0 spiro atoms. The van der Waals surface area contributed by atoms with E-state index in [1.165, 1.54) is 6.07 Å². The number of alkyl halides is 6. The van der Waals surface area contributed by atoms with Crippen molar-refractivity contribution in [2.45, 2.75) is 18.5 Å². The lowest BCUT2D eigenvalue weighted by atomic mass is 10.2. The van der Waals surface area contributed by atoms with E-state index in [2.05, 4.69) is 10.1 Å². The summed E-state index contributed by atoms with van der Waals surface area (Å²) < 4.78 is 89.5. The van der Waals surface area contributed by atoms with Gasteiger partial charge in [-0.2, -0.15) is 26.3 Å². The van der Waals surface area contributed by atoms with E-state index in [4.69, 9.17) is 9.47 Å². The van der Waals surface area contributed by atoms with Crippen molar-refractivity contribution < 1.29 is 45.3 Å². The number of carbonyl (C=O) groups excluding carboxylic acids is 1. The molecule has 0 fully saturated rings. The minimum Gasteiger partial charge on any atom is -0.454 e. The first-order valence-electron chi connectivity index (χ1n) is 7.64. The molecule has 3 rings (SSSR count). The fourth-order valence-corrected chi connectivity index (χ4v) is 2.18. The van der Waals surface area contributed by atoms with Crippen LogP contribution in [0, 0.1) is 0 Å². The molecule has 0 radical (unpaired) electrons. The summed E-state index contributed by atoms with van der Waals surface area (Å²) in [7, 11) is 0. The Balaban J connectivity index is 1.64. The molecule has 1 atom stereocenters. The largest absolute Gasteiger partial charge is 0.460 e. The van der Waals surface area contributed by atoms with Gasteiger partial charge in [0.25, 0.3) is 5.91 Å². The van der Waals surface area contributed by atoms with E-state index in [1.807, 2.05) is 0 Å². The van der Waals surface area contributed by atoms with Crippen LogP contribution in [-0.4, -0.2) is 31.2 Å². The van der Waals surface area contributed by atoms with E-state index in [0.29, 0.717) is 17.2 Å². The van der Waals surface area contributed by atoms with Crippen LogP contribution in [0.1, 0.15) is 10.4 Å². The minimum absolute atomic E-state index is 0.0306. The summed E-state index contributed by atoms with van der Waals surface area (Å²) >= 11 is 0. The first kappa shape index (κ1) is 19.6. The van der Waals surface area contributed by atoms with Gasteiger partial charge in [0.15, 0.2) is 11.5 Å². The van der Waals surface area contributed by atoms with Gasteiger partial charge in [-0.1, -0.05) is 0 Å². The van der Waals surface area contributed by atoms with Crippen LogP contribution in [0.2, 0.25) is 0 Å². The molecule has 150 valence electrons. The molecule has 0 unspecified atom stereocenters. The predicted molar refractivity (Wildman–Crippen MR) is 83.5 cm³/mol. The number of nitrogens with one attached hydrogen (secondary N) is 1. The van der Waals surface area contributed by atoms with Gasteiger partial charge in [-0.05, 0) is 36.4 Å². The van der Waals surface area contributed by atoms with E-state index >= 15 is 0 Å². The normalized spacial score (nSPS) is 14.5. The van der Waals surface area contributed by atoms with Gasteiger partial charge in [-0.3, -0.25) is 4.79 Å². The first-order chi connectivity index (χ1) is 13.1. The molecule has 1 N–H and O–H groups in total. The monoisotopic (exact) mass is 407 g/mol. The average Bonchev–Trinajstić information content (AvgIpc) is 3.09. The molecule has 2 aromatic carbocycles. The van der Waals surface area contributed by atoms with Crippen LogP contribution in [0.25, 0.3) is 0 Å². The van der Waals surface area contributed by atoms with E-state index < -0.39 is 30.1 Å². The molecular weight excluding hydrogens is 396 g/mol. The van der Waals surface area contributed by atoms with Gasteiger partial charge >= 0.3 is 18.5 Å². The van der Waals surface area contributed by atoms with Gasteiger partial charge in [-0.15, -0.1) is 0 Å². The van der Waals surface area contributed by atoms with Gasteiger partial charge in [-0.25, -0.2) is 0 Å². The third kappa shape index (κ3) is 3.92. The SMILES string of the molecule is O=C(Nc1ccc2c(c1)OCO2)c1ccc(O[C@H](F)C(F)(F)C(F)(F)F)cc1.